The van der Waals surface area contributed by atoms with Crippen LogP contribution in [0.5, 0.6) is 0 Å². The van der Waals surface area contributed by atoms with E-state index in [1.807, 2.05) is 54.6 Å². The fourth-order valence-corrected chi connectivity index (χ4v) is 1.88. The van der Waals surface area contributed by atoms with Crippen LogP contribution in [0.4, 0.5) is 0 Å². The van der Waals surface area contributed by atoms with Crippen molar-refractivity contribution in [1.29, 1.82) is 0 Å². The Balaban J connectivity index is 2.14. The van der Waals surface area contributed by atoms with Gasteiger partial charge < -0.3 is 5.11 Å². The van der Waals surface area contributed by atoms with E-state index in [1.54, 1.807) is 0 Å². The van der Waals surface area contributed by atoms with E-state index in [0.717, 1.165) is 11.1 Å². The van der Waals surface area contributed by atoms with Crippen LogP contribution < -0.4 is 0 Å². The van der Waals surface area contributed by atoms with Gasteiger partial charge in [-0.3, -0.25) is 0 Å². The summed E-state index contributed by atoms with van der Waals surface area (Å²) in [6.45, 7) is 0. The van der Waals surface area contributed by atoms with E-state index in [-0.39, 0.29) is 0 Å². The standard InChI is InChI=1S/C14H13ClO/c15-13-9-5-4-8-12(13)10-14(16)11-6-2-1-3-7-11/h1-9,14,16H,10H2. The minimum Gasteiger partial charge on any atom is -0.388 e. The van der Waals surface area contributed by atoms with Gasteiger partial charge >= 0.3 is 0 Å². The van der Waals surface area contributed by atoms with Gasteiger partial charge in [0, 0.05) is 11.4 Å². The van der Waals surface area contributed by atoms with Crippen LogP contribution in [0.2, 0.25) is 5.02 Å². The minimum atomic E-state index is -0.499. The predicted octanol–water partition coefficient (Wildman–Crippen LogP) is 3.62. The molecule has 0 bridgehead atoms. The van der Waals surface area contributed by atoms with E-state index < -0.39 is 6.10 Å². The lowest BCUT2D eigenvalue weighted by atomic mass is 10.0. The molecule has 0 fully saturated rings. The maximum absolute atomic E-state index is 10.0. The largest absolute Gasteiger partial charge is 0.388 e. The van der Waals surface area contributed by atoms with Gasteiger partial charge in [0.05, 0.1) is 6.10 Å². The van der Waals surface area contributed by atoms with E-state index in [0.29, 0.717) is 11.4 Å². The van der Waals surface area contributed by atoms with Crippen molar-refractivity contribution in [2.75, 3.05) is 0 Å². The molecule has 16 heavy (non-hydrogen) atoms. The first-order valence-corrected chi connectivity index (χ1v) is 5.61. The van der Waals surface area contributed by atoms with E-state index >= 15 is 0 Å². The Morgan fingerprint density at radius 3 is 2.25 bits per heavy atom. The van der Waals surface area contributed by atoms with Gasteiger partial charge in [-0.25, -0.2) is 0 Å². The summed E-state index contributed by atoms with van der Waals surface area (Å²) < 4.78 is 0. The summed E-state index contributed by atoms with van der Waals surface area (Å²) >= 11 is 6.04. The quantitative estimate of drug-likeness (QED) is 0.857. The maximum atomic E-state index is 10.0. The van der Waals surface area contributed by atoms with Crippen LogP contribution in [0, 0.1) is 0 Å². The normalized spacial score (nSPS) is 12.4. The van der Waals surface area contributed by atoms with Crippen molar-refractivity contribution in [2.45, 2.75) is 12.5 Å². The highest BCUT2D eigenvalue weighted by Gasteiger charge is 2.09. The lowest BCUT2D eigenvalue weighted by Gasteiger charge is -2.11. The molecule has 2 aromatic carbocycles. The number of aliphatic hydroxyl groups excluding tert-OH is 1. The molecule has 0 heterocycles. The average Bonchev–Trinajstić information content (AvgIpc) is 2.33. The summed E-state index contributed by atoms with van der Waals surface area (Å²) in [6.07, 6.45) is 0.0463. The van der Waals surface area contributed by atoms with Crippen molar-refractivity contribution in [3.63, 3.8) is 0 Å². The molecule has 1 N–H and O–H groups in total. The summed E-state index contributed by atoms with van der Waals surface area (Å²) in [5.41, 5.74) is 1.89. The number of aliphatic hydroxyl groups is 1. The molecule has 0 amide bonds. The molecular weight excluding hydrogens is 220 g/mol. The molecule has 0 aromatic heterocycles. The zero-order chi connectivity index (χ0) is 11.4. The van der Waals surface area contributed by atoms with Gasteiger partial charge in [-0.15, -0.1) is 0 Å². The second-order valence-corrected chi connectivity index (χ2v) is 4.13. The van der Waals surface area contributed by atoms with E-state index in [9.17, 15) is 5.11 Å². The van der Waals surface area contributed by atoms with Gasteiger partial charge in [0.2, 0.25) is 0 Å². The molecule has 1 atom stereocenters. The fraction of sp³-hybridized carbons (Fsp3) is 0.143. The third kappa shape index (κ3) is 2.63. The first-order valence-electron chi connectivity index (χ1n) is 5.24. The zero-order valence-corrected chi connectivity index (χ0v) is 9.56. The van der Waals surface area contributed by atoms with Crippen LogP contribution in [0.15, 0.2) is 54.6 Å². The number of halogens is 1. The van der Waals surface area contributed by atoms with Gasteiger partial charge in [0.25, 0.3) is 0 Å². The molecule has 0 saturated carbocycles. The Morgan fingerprint density at radius 2 is 1.56 bits per heavy atom. The predicted molar refractivity (Wildman–Crippen MR) is 66.6 cm³/mol. The first-order chi connectivity index (χ1) is 7.77. The molecule has 2 heteroatoms. The Labute approximate surface area is 100 Å². The molecule has 0 aliphatic rings. The molecule has 0 radical (unpaired) electrons. The molecule has 2 aromatic rings. The maximum Gasteiger partial charge on any atom is 0.0830 e. The molecule has 82 valence electrons. The summed E-state index contributed by atoms with van der Waals surface area (Å²) in [5.74, 6) is 0. The van der Waals surface area contributed by atoms with Crippen LogP contribution in [0.25, 0.3) is 0 Å². The lowest BCUT2D eigenvalue weighted by molar-refractivity contribution is 0.178. The molecule has 0 aliphatic heterocycles. The van der Waals surface area contributed by atoms with Crippen molar-refractivity contribution in [3.8, 4) is 0 Å². The number of hydrogen-bond acceptors (Lipinski definition) is 1. The van der Waals surface area contributed by atoms with Crippen LogP contribution >= 0.6 is 11.6 Å². The third-order valence-electron chi connectivity index (χ3n) is 2.56. The Morgan fingerprint density at radius 1 is 0.938 bits per heavy atom. The topological polar surface area (TPSA) is 20.2 Å². The van der Waals surface area contributed by atoms with Crippen LogP contribution in [-0.2, 0) is 6.42 Å². The van der Waals surface area contributed by atoms with Gasteiger partial charge in [-0.1, -0.05) is 60.1 Å². The zero-order valence-electron chi connectivity index (χ0n) is 8.81. The molecule has 0 spiro atoms. The second kappa shape index (κ2) is 5.15. The highest BCUT2D eigenvalue weighted by Crippen LogP contribution is 2.22. The summed E-state index contributed by atoms with van der Waals surface area (Å²) in [6, 6.07) is 17.2. The van der Waals surface area contributed by atoms with E-state index in [4.69, 9.17) is 11.6 Å². The average molecular weight is 233 g/mol. The summed E-state index contributed by atoms with van der Waals surface area (Å²) in [4.78, 5) is 0. The second-order valence-electron chi connectivity index (χ2n) is 3.72. The summed E-state index contributed by atoms with van der Waals surface area (Å²) in [5, 5.41) is 10.7. The van der Waals surface area contributed by atoms with Crippen LogP contribution in [0.1, 0.15) is 17.2 Å². The molecular formula is C14H13ClO. The Kier molecular flexibility index (Phi) is 3.60. The Bertz CT molecular complexity index is 453. The molecule has 1 unspecified atom stereocenters. The van der Waals surface area contributed by atoms with Crippen molar-refractivity contribution in [2.24, 2.45) is 0 Å². The van der Waals surface area contributed by atoms with E-state index in [1.165, 1.54) is 0 Å². The highest BCUT2D eigenvalue weighted by atomic mass is 35.5. The van der Waals surface area contributed by atoms with Crippen molar-refractivity contribution < 1.29 is 5.11 Å². The number of hydrogen-bond donors (Lipinski definition) is 1. The fourth-order valence-electron chi connectivity index (χ4n) is 1.67. The molecule has 0 aliphatic carbocycles. The van der Waals surface area contributed by atoms with E-state index in [2.05, 4.69) is 0 Å². The SMILES string of the molecule is OC(Cc1ccccc1Cl)c1ccccc1. The molecule has 2 rings (SSSR count). The molecule has 0 saturated heterocycles. The van der Waals surface area contributed by atoms with Gasteiger partial charge in [0.15, 0.2) is 0 Å². The van der Waals surface area contributed by atoms with Crippen molar-refractivity contribution in [3.05, 3.63) is 70.7 Å². The number of benzene rings is 2. The Hall–Kier alpha value is -1.31. The van der Waals surface area contributed by atoms with Crippen molar-refractivity contribution >= 4 is 11.6 Å². The van der Waals surface area contributed by atoms with Crippen LogP contribution in [0.3, 0.4) is 0 Å². The minimum absolute atomic E-state index is 0.499. The van der Waals surface area contributed by atoms with Gasteiger partial charge in [-0.2, -0.15) is 0 Å². The lowest BCUT2D eigenvalue weighted by Crippen LogP contribution is -2.01. The number of rotatable bonds is 3. The van der Waals surface area contributed by atoms with Gasteiger partial charge in [0.1, 0.15) is 0 Å². The van der Waals surface area contributed by atoms with Crippen LogP contribution in [-0.4, -0.2) is 5.11 Å². The summed E-state index contributed by atoms with van der Waals surface area (Å²) in [7, 11) is 0. The van der Waals surface area contributed by atoms with Gasteiger partial charge in [-0.05, 0) is 17.2 Å². The smallest absolute Gasteiger partial charge is 0.0830 e. The monoisotopic (exact) mass is 232 g/mol. The molecule has 1 nitrogen and oxygen atoms in total. The van der Waals surface area contributed by atoms with Crippen molar-refractivity contribution in [1.82, 2.24) is 0 Å². The third-order valence-corrected chi connectivity index (χ3v) is 2.92. The highest BCUT2D eigenvalue weighted by molar-refractivity contribution is 6.31. The first kappa shape index (κ1) is 11.2.